The first-order chi connectivity index (χ1) is 18.2. The topological polar surface area (TPSA) is 98.4 Å². The van der Waals surface area contributed by atoms with E-state index in [2.05, 4.69) is 10.6 Å². The Kier molecular flexibility index (Phi) is 7.83. The van der Waals surface area contributed by atoms with E-state index in [4.69, 9.17) is 19.6 Å². The van der Waals surface area contributed by atoms with Gasteiger partial charge in [0.1, 0.15) is 17.1 Å². The third kappa shape index (κ3) is 6.08. The number of nitrogens with zero attached hydrogens (tertiary/aromatic N) is 4. The van der Waals surface area contributed by atoms with Crippen LogP contribution in [0, 0.1) is 6.92 Å². The molecule has 1 aliphatic carbocycles. The Morgan fingerprint density at radius 3 is 2.71 bits per heavy atom. The predicted octanol–water partition coefficient (Wildman–Crippen LogP) is 4.38. The average molecular weight is 537 g/mol. The molecule has 2 aliphatic rings. The summed E-state index contributed by atoms with van der Waals surface area (Å²) in [7, 11) is 1.96. The standard InChI is InChI=1S/C26H35F3N6O3/c1-16-31-25-21(32-24-9-10-35(33-24)18-4-3-11-37-15-18)12-20(13-22(25)34(16)2)38-19-7-5-17(6-8-19)30-14-23(36)26(27,28)29/h9-10,12-13,17-19,23,30,36H,3-8,11,14-15H2,1-2H3,(H,32,33)/t17?,18-,19?,23+/m0/s1. The van der Waals surface area contributed by atoms with Crippen molar-refractivity contribution in [2.45, 2.75) is 75.9 Å². The lowest BCUT2D eigenvalue weighted by Gasteiger charge is -2.30. The number of rotatable bonds is 8. The van der Waals surface area contributed by atoms with E-state index in [9.17, 15) is 18.3 Å². The Labute approximate surface area is 219 Å². The quantitative estimate of drug-likeness (QED) is 0.393. The number of aliphatic hydroxyl groups excluding tert-OH is 1. The van der Waals surface area contributed by atoms with Crippen molar-refractivity contribution in [2.75, 3.05) is 25.1 Å². The molecule has 1 aromatic carbocycles. The third-order valence-electron chi connectivity index (χ3n) is 7.52. The number of fused-ring (bicyclic) bond motifs is 1. The molecule has 0 spiro atoms. The van der Waals surface area contributed by atoms with Crippen LogP contribution in [0.5, 0.6) is 5.75 Å². The highest BCUT2D eigenvalue weighted by molar-refractivity contribution is 5.92. The molecule has 38 heavy (non-hydrogen) atoms. The van der Waals surface area contributed by atoms with Crippen molar-refractivity contribution in [1.29, 1.82) is 0 Å². The third-order valence-corrected chi connectivity index (χ3v) is 7.52. The van der Waals surface area contributed by atoms with Crippen LogP contribution in [0.2, 0.25) is 0 Å². The zero-order valence-corrected chi connectivity index (χ0v) is 21.7. The zero-order chi connectivity index (χ0) is 26.9. The molecule has 12 heteroatoms. The molecule has 2 fully saturated rings. The maximum absolute atomic E-state index is 12.6. The maximum atomic E-state index is 12.6. The second kappa shape index (κ2) is 11.1. The van der Waals surface area contributed by atoms with Gasteiger partial charge < -0.3 is 29.8 Å². The van der Waals surface area contributed by atoms with E-state index >= 15 is 0 Å². The first-order valence-electron chi connectivity index (χ1n) is 13.2. The number of alkyl halides is 3. The molecule has 1 saturated carbocycles. The lowest BCUT2D eigenvalue weighted by atomic mass is 9.93. The predicted molar refractivity (Wildman–Crippen MR) is 137 cm³/mol. The van der Waals surface area contributed by atoms with Crippen molar-refractivity contribution in [3.8, 4) is 5.75 Å². The van der Waals surface area contributed by atoms with Gasteiger partial charge in [0, 0.05) is 50.6 Å². The lowest BCUT2D eigenvalue weighted by Crippen LogP contribution is -2.44. The molecule has 3 N–H and O–H groups in total. The van der Waals surface area contributed by atoms with Gasteiger partial charge in [0.25, 0.3) is 0 Å². The van der Waals surface area contributed by atoms with E-state index < -0.39 is 18.8 Å². The van der Waals surface area contributed by atoms with Crippen molar-refractivity contribution < 1.29 is 27.8 Å². The van der Waals surface area contributed by atoms with Gasteiger partial charge in [0.2, 0.25) is 0 Å². The van der Waals surface area contributed by atoms with E-state index in [1.54, 1.807) is 0 Å². The van der Waals surface area contributed by atoms with Crippen LogP contribution < -0.4 is 15.4 Å². The first kappa shape index (κ1) is 26.8. The number of benzene rings is 1. The minimum absolute atomic E-state index is 0.0503. The van der Waals surface area contributed by atoms with Gasteiger partial charge in [0.05, 0.1) is 30.0 Å². The second-order valence-corrected chi connectivity index (χ2v) is 10.3. The van der Waals surface area contributed by atoms with Crippen LogP contribution in [-0.2, 0) is 11.8 Å². The Morgan fingerprint density at radius 2 is 2.00 bits per heavy atom. The highest BCUT2D eigenvalue weighted by Crippen LogP contribution is 2.34. The molecule has 208 valence electrons. The van der Waals surface area contributed by atoms with Crippen molar-refractivity contribution in [1.82, 2.24) is 24.6 Å². The minimum Gasteiger partial charge on any atom is -0.490 e. The van der Waals surface area contributed by atoms with Crippen molar-refractivity contribution >= 4 is 22.5 Å². The Morgan fingerprint density at radius 1 is 1.21 bits per heavy atom. The molecule has 1 saturated heterocycles. The first-order valence-corrected chi connectivity index (χ1v) is 13.2. The molecule has 0 radical (unpaired) electrons. The van der Waals surface area contributed by atoms with Crippen LogP contribution in [0.15, 0.2) is 24.4 Å². The SMILES string of the molecule is Cc1nc2c(Nc3ccn([C@H]4CCCOC4)n3)cc(OC3CCC(NC[C@@H](O)C(F)(F)F)CC3)cc2n1C. The molecule has 3 heterocycles. The van der Waals surface area contributed by atoms with E-state index in [0.29, 0.717) is 43.9 Å². The molecule has 0 bridgehead atoms. The van der Waals surface area contributed by atoms with Crippen LogP contribution in [0.1, 0.15) is 50.4 Å². The minimum atomic E-state index is -4.61. The monoisotopic (exact) mass is 536 g/mol. The summed E-state index contributed by atoms with van der Waals surface area (Å²) < 4.78 is 53.6. The normalized spacial score (nSPS) is 23.5. The fraction of sp³-hybridized carbons (Fsp3) is 0.615. The smallest absolute Gasteiger partial charge is 0.415 e. The number of imidazole rings is 1. The van der Waals surface area contributed by atoms with Crippen molar-refractivity contribution in [3.63, 3.8) is 0 Å². The highest BCUT2D eigenvalue weighted by Gasteiger charge is 2.38. The molecule has 0 unspecified atom stereocenters. The van der Waals surface area contributed by atoms with Gasteiger partial charge in [0.15, 0.2) is 11.9 Å². The summed E-state index contributed by atoms with van der Waals surface area (Å²) in [5.41, 5.74) is 2.55. The molecular weight excluding hydrogens is 501 g/mol. The number of anilines is 2. The summed E-state index contributed by atoms with van der Waals surface area (Å²) in [6.07, 6.45) is -0.219. The number of hydrogen-bond acceptors (Lipinski definition) is 7. The summed E-state index contributed by atoms with van der Waals surface area (Å²) in [6, 6.07) is 6.00. The summed E-state index contributed by atoms with van der Waals surface area (Å²) in [6.45, 7) is 2.92. The van der Waals surface area contributed by atoms with Gasteiger partial charge in [-0.1, -0.05) is 0 Å². The Hall–Kier alpha value is -2.83. The molecule has 3 aromatic rings. The van der Waals surface area contributed by atoms with Gasteiger partial charge in [-0.3, -0.25) is 4.68 Å². The molecular formula is C26H35F3N6O3. The fourth-order valence-electron chi connectivity index (χ4n) is 5.19. The van der Waals surface area contributed by atoms with Crippen molar-refractivity contribution in [3.05, 3.63) is 30.2 Å². The maximum Gasteiger partial charge on any atom is 0.415 e. The number of aryl methyl sites for hydroxylation is 2. The molecule has 0 amide bonds. The van der Waals surface area contributed by atoms with E-state index in [1.807, 2.05) is 47.6 Å². The highest BCUT2D eigenvalue weighted by atomic mass is 19.4. The van der Waals surface area contributed by atoms with Gasteiger partial charge in [-0.05, 0) is 45.4 Å². The summed E-state index contributed by atoms with van der Waals surface area (Å²) in [4.78, 5) is 4.74. The van der Waals surface area contributed by atoms with Crippen LogP contribution in [0.4, 0.5) is 24.7 Å². The van der Waals surface area contributed by atoms with Crippen molar-refractivity contribution in [2.24, 2.45) is 7.05 Å². The molecule has 1 aliphatic heterocycles. The number of ether oxygens (including phenoxy) is 2. The fourth-order valence-corrected chi connectivity index (χ4v) is 5.19. The number of hydrogen-bond donors (Lipinski definition) is 3. The number of halogens is 3. The number of aliphatic hydroxyl groups is 1. The Bertz CT molecular complexity index is 1230. The number of nitrogens with one attached hydrogen (secondary N) is 2. The largest absolute Gasteiger partial charge is 0.490 e. The molecule has 9 nitrogen and oxygen atoms in total. The number of aromatic nitrogens is 4. The van der Waals surface area contributed by atoms with E-state index in [1.165, 1.54) is 0 Å². The van der Waals surface area contributed by atoms with E-state index in [0.717, 1.165) is 42.0 Å². The summed E-state index contributed by atoms with van der Waals surface area (Å²) in [5.74, 6) is 2.29. The van der Waals surface area contributed by atoms with Gasteiger partial charge in [-0.15, -0.1) is 0 Å². The second-order valence-electron chi connectivity index (χ2n) is 10.3. The Balaban J connectivity index is 1.26. The van der Waals surface area contributed by atoms with Gasteiger partial charge in [-0.2, -0.15) is 18.3 Å². The van der Waals surface area contributed by atoms with Crippen LogP contribution >= 0.6 is 0 Å². The van der Waals surface area contributed by atoms with Crippen LogP contribution in [-0.4, -0.2) is 68.6 Å². The van der Waals surface area contributed by atoms with Crippen LogP contribution in [0.25, 0.3) is 11.0 Å². The molecule has 2 aromatic heterocycles. The summed E-state index contributed by atoms with van der Waals surface area (Å²) >= 11 is 0. The zero-order valence-electron chi connectivity index (χ0n) is 21.7. The lowest BCUT2D eigenvalue weighted by molar-refractivity contribution is -0.202. The molecule has 2 atom stereocenters. The summed E-state index contributed by atoms with van der Waals surface area (Å²) in [5, 5.41) is 20.2. The van der Waals surface area contributed by atoms with Gasteiger partial charge >= 0.3 is 6.18 Å². The van der Waals surface area contributed by atoms with Gasteiger partial charge in [-0.25, -0.2) is 4.98 Å². The van der Waals surface area contributed by atoms with Crippen LogP contribution in [0.3, 0.4) is 0 Å². The average Bonchev–Trinajstić information content (AvgIpc) is 3.48. The van der Waals surface area contributed by atoms with E-state index in [-0.39, 0.29) is 18.2 Å². The molecule has 5 rings (SSSR count).